The van der Waals surface area contributed by atoms with Gasteiger partial charge in [0.2, 0.25) is 5.91 Å². The van der Waals surface area contributed by atoms with E-state index in [2.05, 4.69) is 16.0 Å². The van der Waals surface area contributed by atoms with E-state index in [0.717, 1.165) is 0 Å². The van der Waals surface area contributed by atoms with Gasteiger partial charge in [-0.05, 0) is 40.0 Å². The summed E-state index contributed by atoms with van der Waals surface area (Å²) in [5.41, 5.74) is 0.658. The average molecular weight is 300 g/mol. The molecule has 0 unspecified atom stereocenters. The van der Waals surface area contributed by atoms with Gasteiger partial charge in [-0.2, -0.15) is 0 Å². The highest BCUT2D eigenvalue weighted by Gasteiger charge is 2.18. The molecule has 1 aromatic carbocycles. The molecule has 0 aromatic heterocycles. The van der Waals surface area contributed by atoms with Crippen LogP contribution in [-0.2, 0) is 4.79 Å². The Kier molecular flexibility index (Phi) is 7.24. The molecule has 0 spiro atoms. The number of para-hydroxylation sites is 1. The Morgan fingerprint density at radius 1 is 1.15 bits per heavy atom. The third-order valence-corrected chi connectivity index (χ3v) is 2.27. The van der Waals surface area contributed by atoms with Crippen LogP contribution in [0.25, 0.3) is 0 Å². The van der Waals surface area contributed by atoms with E-state index in [1.54, 1.807) is 31.3 Å². The summed E-state index contributed by atoms with van der Waals surface area (Å²) >= 11 is 0. The quantitative estimate of drug-likeness (QED) is 0.794. The topological polar surface area (TPSA) is 70.2 Å². The molecule has 6 heteroatoms. The van der Waals surface area contributed by atoms with Crippen molar-refractivity contribution < 1.29 is 9.59 Å². The van der Waals surface area contributed by atoms with Gasteiger partial charge in [0.1, 0.15) is 0 Å². The summed E-state index contributed by atoms with van der Waals surface area (Å²) in [7, 11) is 1.69. The largest absolute Gasteiger partial charge is 0.347 e. The molecular weight excluding hydrogens is 278 g/mol. The fourth-order valence-electron chi connectivity index (χ4n) is 1.55. The van der Waals surface area contributed by atoms with Crippen LogP contribution in [0.4, 0.5) is 5.69 Å². The summed E-state index contributed by atoms with van der Waals surface area (Å²) in [6.07, 6.45) is 0. The molecule has 0 heterocycles. The van der Waals surface area contributed by atoms with Gasteiger partial charge in [-0.25, -0.2) is 0 Å². The first-order valence-electron chi connectivity index (χ1n) is 6.19. The van der Waals surface area contributed by atoms with Gasteiger partial charge in [0.25, 0.3) is 5.91 Å². The normalized spacial score (nSPS) is 10.4. The predicted octanol–water partition coefficient (Wildman–Crippen LogP) is 1.79. The van der Waals surface area contributed by atoms with Crippen LogP contribution in [0, 0.1) is 0 Å². The second kappa shape index (κ2) is 7.87. The molecule has 0 aliphatic rings. The number of halogens is 1. The summed E-state index contributed by atoms with van der Waals surface area (Å²) in [6.45, 7) is 5.93. The van der Waals surface area contributed by atoms with Crippen molar-refractivity contribution in [3.8, 4) is 0 Å². The fraction of sp³-hybridized carbons (Fsp3) is 0.429. The lowest BCUT2D eigenvalue weighted by Crippen LogP contribution is -2.41. The molecule has 1 rings (SSSR count). The molecule has 0 saturated heterocycles. The molecule has 20 heavy (non-hydrogen) atoms. The van der Waals surface area contributed by atoms with E-state index in [9.17, 15) is 9.59 Å². The average Bonchev–Trinajstić information content (AvgIpc) is 2.27. The lowest BCUT2D eigenvalue weighted by atomic mass is 10.1. The number of hydrogen-bond donors (Lipinski definition) is 3. The molecule has 3 N–H and O–H groups in total. The Morgan fingerprint density at radius 3 is 2.30 bits per heavy atom. The van der Waals surface area contributed by atoms with Crippen LogP contribution < -0.4 is 16.0 Å². The van der Waals surface area contributed by atoms with Gasteiger partial charge in [-0.3, -0.25) is 9.59 Å². The number of rotatable bonds is 4. The van der Waals surface area contributed by atoms with E-state index in [4.69, 9.17) is 0 Å². The van der Waals surface area contributed by atoms with Gasteiger partial charge in [0.15, 0.2) is 0 Å². The van der Waals surface area contributed by atoms with Gasteiger partial charge in [0, 0.05) is 5.54 Å². The summed E-state index contributed by atoms with van der Waals surface area (Å²) < 4.78 is 0. The zero-order chi connectivity index (χ0) is 14.5. The zero-order valence-corrected chi connectivity index (χ0v) is 13.1. The van der Waals surface area contributed by atoms with Crippen LogP contribution in [0.3, 0.4) is 0 Å². The Morgan fingerprint density at radius 2 is 1.75 bits per heavy atom. The zero-order valence-electron chi connectivity index (χ0n) is 12.2. The van der Waals surface area contributed by atoms with Gasteiger partial charge in [-0.1, -0.05) is 12.1 Å². The molecule has 0 aliphatic carbocycles. The minimum Gasteiger partial charge on any atom is -0.347 e. The van der Waals surface area contributed by atoms with Crippen molar-refractivity contribution in [2.24, 2.45) is 0 Å². The molecule has 112 valence electrons. The van der Waals surface area contributed by atoms with Crippen molar-refractivity contribution in [2.45, 2.75) is 26.3 Å². The Hall–Kier alpha value is -1.59. The fourth-order valence-corrected chi connectivity index (χ4v) is 1.55. The molecule has 0 aliphatic heterocycles. The first-order chi connectivity index (χ1) is 8.83. The maximum Gasteiger partial charge on any atom is 0.253 e. The number of benzene rings is 1. The van der Waals surface area contributed by atoms with Crippen LogP contribution >= 0.6 is 12.4 Å². The van der Waals surface area contributed by atoms with Gasteiger partial charge >= 0.3 is 0 Å². The summed E-state index contributed by atoms with van der Waals surface area (Å²) in [4.78, 5) is 23.7. The van der Waals surface area contributed by atoms with Crippen LogP contribution in [0.5, 0.6) is 0 Å². The maximum absolute atomic E-state index is 12.1. The van der Waals surface area contributed by atoms with Crippen LogP contribution in [0.2, 0.25) is 0 Å². The number of anilines is 1. The third-order valence-electron chi connectivity index (χ3n) is 2.27. The van der Waals surface area contributed by atoms with Crippen molar-refractivity contribution in [1.29, 1.82) is 0 Å². The first-order valence-corrected chi connectivity index (χ1v) is 6.19. The molecule has 5 nitrogen and oxygen atoms in total. The second-order valence-corrected chi connectivity index (χ2v) is 5.33. The number of likely N-dealkylation sites (N-methyl/N-ethyl adjacent to an activating group) is 1. The minimum atomic E-state index is -0.320. The number of hydrogen-bond acceptors (Lipinski definition) is 3. The van der Waals surface area contributed by atoms with E-state index in [1.165, 1.54) is 0 Å². The number of nitrogens with one attached hydrogen (secondary N) is 3. The molecule has 0 fully saturated rings. The molecule has 1 aromatic rings. The molecule has 2 amide bonds. The SMILES string of the molecule is CNCC(=O)Nc1ccccc1C(=O)NC(C)(C)C.Cl. The van der Waals surface area contributed by atoms with Crippen molar-refractivity contribution in [1.82, 2.24) is 10.6 Å². The van der Waals surface area contributed by atoms with Gasteiger partial charge in [0.05, 0.1) is 17.8 Å². The van der Waals surface area contributed by atoms with E-state index >= 15 is 0 Å². The smallest absolute Gasteiger partial charge is 0.253 e. The Labute approximate surface area is 125 Å². The maximum atomic E-state index is 12.1. The number of carbonyl (C=O) groups excluding carboxylic acids is 2. The monoisotopic (exact) mass is 299 g/mol. The molecule has 0 saturated carbocycles. The lowest BCUT2D eigenvalue weighted by molar-refractivity contribution is -0.115. The predicted molar refractivity (Wildman–Crippen MR) is 83.5 cm³/mol. The number of carbonyl (C=O) groups is 2. The molecule has 0 atom stereocenters. The highest BCUT2D eigenvalue weighted by molar-refractivity contribution is 6.04. The van der Waals surface area contributed by atoms with Crippen molar-refractivity contribution in [2.75, 3.05) is 18.9 Å². The van der Waals surface area contributed by atoms with E-state index in [0.29, 0.717) is 11.3 Å². The van der Waals surface area contributed by atoms with Crippen molar-refractivity contribution in [3.63, 3.8) is 0 Å². The molecular formula is C14H22ClN3O2. The van der Waals surface area contributed by atoms with E-state index < -0.39 is 0 Å². The third kappa shape index (κ3) is 6.04. The van der Waals surface area contributed by atoms with Crippen LogP contribution in [-0.4, -0.2) is 30.9 Å². The van der Waals surface area contributed by atoms with E-state index in [1.807, 2.05) is 20.8 Å². The lowest BCUT2D eigenvalue weighted by Gasteiger charge is -2.21. The summed E-state index contributed by atoms with van der Waals surface area (Å²) in [5.74, 6) is -0.383. The summed E-state index contributed by atoms with van der Waals surface area (Å²) in [5, 5.41) is 8.35. The van der Waals surface area contributed by atoms with E-state index in [-0.39, 0.29) is 36.3 Å². The first kappa shape index (κ1) is 18.4. The van der Waals surface area contributed by atoms with Crippen LogP contribution in [0.1, 0.15) is 31.1 Å². The van der Waals surface area contributed by atoms with Gasteiger partial charge < -0.3 is 16.0 Å². The Bertz CT molecular complexity index is 470. The van der Waals surface area contributed by atoms with Gasteiger partial charge in [-0.15, -0.1) is 12.4 Å². The van der Waals surface area contributed by atoms with Crippen molar-refractivity contribution >= 4 is 29.9 Å². The highest BCUT2D eigenvalue weighted by atomic mass is 35.5. The second-order valence-electron chi connectivity index (χ2n) is 5.33. The number of amides is 2. The molecule has 0 radical (unpaired) electrons. The molecule has 0 bridgehead atoms. The van der Waals surface area contributed by atoms with Crippen LogP contribution in [0.15, 0.2) is 24.3 Å². The Balaban J connectivity index is 0.00000361. The standard InChI is InChI=1S/C14H21N3O2.ClH/c1-14(2,3)17-13(19)10-7-5-6-8-11(10)16-12(18)9-15-4;/h5-8,15H,9H2,1-4H3,(H,16,18)(H,17,19);1H. The highest BCUT2D eigenvalue weighted by Crippen LogP contribution is 2.16. The van der Waals surface area contributed by atoms with Crippen molar-refractivity contribution in [3.05, 3.63) is 29.8 Å². The minimum absolute atomic E-state index is 0. The summed E-state index contributed by atoms with van der Waals surface area (Å²) in [6, 6.07) is 6.95.